The van der Waals surface area contributed by atoms with Crippen LogP contribution in [-0.2, 0) is 20.7 Å². The van der Waals surface area contributed by atoms with E-state index in [1.54, 1.807) is 0 Å². The molecule has 0 radical (unpaired) electrons. The van der Waals surface area contributed by atoms with Crippen LogP contribution in [0.1, 0.15) is 19.4 Å². The first-order chi connectivity index (χ1) is 13.6. The molecule has 3 rings (SSSR count). The van der Waals surface area contributed by atoms with E-state index in [0.717, 1.165) is 36.6 Å². The van der Waals surface area contributed by atoms with E-state index < -0.39 is 0 Å². The maximum Gasteiger partial charge on any atom is 0.244 e. The van der Waals surface area contributed by atoms with Crippen LogP contribution in [0.3, 0.4) is 0 Å². The third-order valence-electron chi connectivity index (χ3n) is 4.87. The Labute approximate surface area is 166 Å². The second-order valence-corrected chi connectivity index (χ2v) is 6.79. The highest BCUT2D eigenvalue weighted by molar-refractivity contribution is 6.03. The van der Waals surface area contributed by atoms with Gasteiger partial charge >= 0.3 is 0 Å². The van der Waals surface area contributed by atoms with Crippen LogP contribution in [0.15, 0.2) is 48.5 Å². The van der Waals surface area contributed by atoms with Crippen LogP contribution >= 0.6 is 0 Å². The van der Waals surface area contributed by atoms with Gasteiger partial charge in [0.15, 0.2) is 0 Å². The molecule has 1 N–H and O–H groups in total. The number of aryl methyl sites for hydroxylation is 1. The maximum atomic E-state index is 12.7. The highest BCUT2D eigenvalue weighted by Crippen LogP contribution is 2.26. The van der Waals surface area contributed by atoms with Crippen LogP contribution in [0.2, 0.25) is 0 Å². The van der Waals surface area contributed by atoms with E-state index in [4.69, 9.17) is 4.74 Å². The van der Waals surface area contributed by atoms with Crippen molar-refractivity contribution in [2.45, 2.75) is 20.3 Å². The summed E-state index contributed by atoms with van der Waals surface area (Å²) in [5, 5.41) is 2.97. The minimum atomic E-state index is -0.226. The van der Waals surface area contributed by atoms with Crippen molar-refractivity contribution in [3.63, 3.8) is 0 Å². The Morgan fingerprint density at radius 1 is 1.07 bits per heavy atom. The first-order valence-electron chi connectivity index (χ1n) is 9.67. The molecule has 0 bridgehead atoms. The minimum Gasteiger partial charge on any atom is -0.378 e. The van der Waals surface area contributed by atoms with Crippen molar-refractivity contribution < 1.29 is 14.3 Å². The number of hydrogen-bond acceptors (Lipinski definition) is 4. The van der Waals surface area contributed by atoms with Crippen molar-refractivity contribution in [2.75, 3.05) is 48.0 Å². The maximum absolute atomic E-state index is 12.7. The van der Waals surface area contributed by atoms with Crippen LogP contribution in [0, 0.1) is 0 Å². The lowest BCUT2D eigenvalue weighted by atomic mass is 10.1. The lowest BCUT2D eigenvalue weighted by Gasteiger charge is -2.30. The number of morpholine rings is 1. The topological polar surface area (TPSA) is 61.9 Å². The van der Waals surface area contributed by atoms with Crippen molar-refractivity contribution in [1.29, 1.82) is 0 Å². The summed E-state index contributed by atoms with van der Waals surface area (Å²) in [7, 11) is 0. The first-order valence-corrected chi connectivity index (χ1v) is 9.67. The number of amides is 2. The number of nitrogens with zero attached hydrogens (tertiary/aromatic N) is 2. The van der Waals surface area contributed by atoms with Gasteiger partial charge in [-0.1, -0.05) is 31.2 Å². The van der Waals surface area contributed by atoms with E-state index >= 15 is 0 Å². The van der Waals surface area contributed by atoms with Crippen molar-refractivity contribution in [3.8, 4) is 0 Å². The van der Waals surface area contributed by atoms with Gasteiger partial charge in [0.05, 0.1) is 24.6 Å². The molecular weight excluding hydrogens is 354 g/mol. The molecule has 0 saturated carbocycles. The average Bonchev–Trinajstić information content (AvgIpc) is 2.73. The summed E-state index contributed by atoms with van der Waals surface area (Å²) >= 11 is 0. The van der Waals surface area contributed by atoms with E-state index in [9.17, 15) is 9.59 Å². The standard InChI is InChI=1S/C22H27N3O3/c1-3-18-8-10-19(11-9-18)25(17(2)26)16-22(27)23-20-6-4-5-7-21(20)24-12-14-28-15-13-24/h4-11H,3,12-16H2,1-2H3,(H,23,27). The van der Waals surface area contributed by atoms with Crippen LogP contribution in [0.5, 0.6) is 0 Å². The Kier molecular flexibility index (Phi) is 6.66. The number of rotatable bonds is 6. The van der Waals surface area contributed by atoms with Crippen LogP contribution < -0.4 is 15.1 Å². The highest BCUT2D eigenvalue weighted by atomic mass is 16.5. The summed E-state index contributed by atoms with van der Waals surface area (Å²) in [5.74, 6) is -0.392. The van der Waals surface area contributed by atoms with Crippen molar-refractivity contribution in [1.82, 2.24) is 0 Å². The third-order valence-corrected chi connectivity index (χ3v) is 4.87. The first kappa shape index (κ1) is 19.9. The molecule has 6 nitrogen and oxygen atoms in total. The molecule has 1 saturated heterocycles. The third kappa shape index (κ3) is 4.89. The summed E-state index contributed by atoms with van der Waals surface area (Å²) in [6.07, 6.45) is 0.930. The van der Waals surface area contributed by atoms with Gasteiger partial charge in [0.2, 0.25) is 11.8 Å². The van der Waals surface area contributed by atoms with E-state index in [-0.39, 0.29) is 18.4 Å². The minimum absolute atomic E-state index is 0.0295. The Morgan fingerprint density at radius 3 is 2.39 bits per heavy atom. The predicted molar refractivity (Wildman–Crippen MR) is 112 cm³/mol. The quantitative estimate of drug-likeness (QED) is 0.835. The van der Waals surface area contributed by atoms with Gasteiger partial charge in [0, 0.05) is 25.7 Å². The molecule has 1 aliphatic rings. The molecule has 2 aromatic rings. The number of carbonyl (C=O) groups excluding carboxylic acids is 2. The Balaban J connectivity index is 1.72. The number of para-hydroxylation sites is 2. The van der Waals surface area contributed by atoms with Gasteiger partial charge in [-0.25, -0.2) is 0 Å². The Hall–Kier alpha value is -2.86. The molecule has 148 valence electrons. The molecule has 1 aliphatic heterocycles. The fraction of sp³-hybridized carbons (Fsp3) is 0.364. The van der Waals surface area contributed by atoms with Crippen molar-refractivity contribution >= 4 is 28.9 Å². The van der Waals surface area contributed by atoms with Gasteiger partial charge in [-0.05, 0) is 36.2 Å². The van der Waals surface area contributed by atoms with Gasteiger partial charge < -0.3 is 19.9 Å². The molecule has 0 aromatic heterocycles. The SMILES string of the molecule is CCc1ccc(N(CC(=O)Nc2ccccc2N2CCOCC2)C(C)=O)cc1. The normalized spacial score (nSPS) is 13.9. The molecular formula is C22H27N3O3. The smallest absolute Gasteiger partial charge is 0.244 e. The van der Waals surface area contributed by atoms with Gasteiger partial charge in [-0.2, -0.15) is 0 Å². The zero-order valence-electron chi connectivity index (χ0n) is 16.5. The lowest BCUT2D eigenvalue weighted by molar-refractivity contribution is -0.120. The van der Waals surface area contributed by atoms with Crippen molar-refractivity contribution in [2.24, 2.45) is 0 Å². The number of nitrogens with one attached hydrogen (secondary N) is 1. The number of anilines is 3. The number of hydrogen-bond donors (Lipinski definition) is 1. The molecule has 0 aliphatic carbocycles. The molecule has 6 heteroatoms. The largest absolute Gasteiger partial charge is 0.378 e. The lowest BCUT2D eigenvalue weighted by Crippen LogP contribution is -2.38. The second-order valence-electron chi connectivity index (χ2n) is 6.79. The van der Waals surface area contributed by atoms with Crippen LogP contribution in [-0.4, -0.2) is 44.7 Å². The average molecular weight is 381 g/mol. The summed E-state index contributed by atoms with van der Waals surface area (Å²) < 4.78 is 5.41. The van der Waals surface area contributed by atoms with Gasteiger partial charge in [-0.3, -0.25) is 9.59 Å². The fourth-order valence-electron chi connectivity index (χ4n) is 3.29. The van der Waals surface area contributed by atoms with E-state index in [1.165, 1.54) is 17.4 Å². The molecule has 28 heavy (non-hydrogen) atoms. The van der Waals surface area contributed by atoms with Crippen LogP contribution in [0.25, 0.3) is 0 Å². The van der Waals surface area contributed by atoms with Gasteiger partial charge in [0.25, 0.3) is 0 Å². The number of carbonyl (C=O) groups is 2. The predicted octanol–water partition coefficient (Wildman–Crippen LogP) is 3.08. The van der Waals surface area contributed by atoms with E-state index in [2.05, 4.69) is 17.1 Å². The highest BCUT2D eigenvalue weighted by Gasteiger charge is 2.19. The molecule has 0 spiro atoms. The zero-order valence-corrected chi connectivity index (χ0v) is 16.5. The number of benzene rings is 2. The van der Waals surface area contributed by atoms with Gasteiger partial charge in [0.1, 0.15) is 6.54 Å². The van der Waals surface area contributed by atoms with Gasteiger partial charge in [-0.15, -0.1) is 0 Å². The summed E-state index contributed by atoms with van der Waals surface area (Å²) in [4.78, 5) is 28.5. The molecule has 0 unspecified atom stereocenters. The monoisotopic (exact) mass is 381 g/mol. The molecule has 0 atom stereocenters. The van der Waals surface area contributed by atoms with E-state index in [0.29, 0.717) is 13.2 Å². The Morgan fingerprint density at radius 2 is 1.75 bits per heavy atom. The fourth-order valence-corrected chi connectivity index (χ4v) is 3.29. The molecule has 1 fully saturated rings. The Bertz CT molecular complexity index is 814. The van der Waals surface area contributed by atoms with Crippen molar-refractivity contribution in [3.05, 3.63) is 54.1 Å². The van der Waals surface area contributed by atoms with Crippen LogP contribution in [0.4, 0.5) is 17.1 Å². The summed E-state index contributed by atoms with van der Waals surface area (Å²) in [5.41, 5.74) is 3.64. The summed E-state index contributed by atoms with van der Waals surface area (Å²) in [6, 6.07) is 15.5. The zero-order chi connectivity index (χ0) is 19.9. The summed E-state index contributed by atoms with van der Waals surface area (Å²) in [6.45, 7) is 6.45. The molecule has 2 aromatic carbocycles. The molecule has 2 amide bonds. The van der Waals surface area contributed by atoms with E-state index in [1.807, 2.05) is 48.5 Å². The number of ether oxygens (including phenoxy) is 1. The second kappa shape index (κ2) is 9.37. The molecule has 1 heterocycles.